The summed E-state index contributed by atoms with van der Waals surface area (Å²) in [6, 6.07) is 19.3. The zero-order chi connectivity index (χ0) is 33.7. The largest absolute Gasteiger partial charge is 0.480 e. The van der Waals surface area contributed by atoms with Gasteiger partial charge < -0.3 is 21.3 Å². The molecular weight excluding hydrogens is 604 g/mol. The molecule has 1 aliphatic rings. The average Bonchev–Trinajstić information content (AvgIpc) is 3.40. The van der Waals surface area contributed by atoms with Gasteiger partial charge in [-0.25, -0.2) is 0 Å². The summed E-state index contributed by atoms with van der Waals surface area (Å²) in [5.74, 6) is -6.58. The number of anilines is 2. The van der Waals surface area contributed by atoms with Crippen LogP contribution in [0.1, 0.15) is 48.9 Å². The summed E-state index contributed by atoms with van der Waals surface area (Å²) in [6.07, 6.45) is 0.381. The molecule has 0 aliphatic carbocycles. The number of nitrogens with zero attached hydrogens (tertiary/aromatic N) is 2. The molecule has 4 aromatic rings. The number of nitro groups is 2. The summed E-state index contributed by atoms with van der Waals surface area (Å²) >= 11 is 0. The number of aliphatic carboxylic acids is 2. The molecule has 5 N–H and O–H groups in total. The number of carboxylic acid groups (broad SMARTS) is 2. The molecule has 232 valence electrons. The highest BCUT2D eigenvalue weighted by Gasteiger charge is 2.34. The first-order valence-corrected chi connectivity index (χ1v) is 13.1. The molecule has 0 fully saturated rings. The van der Waals surface area contributed by atoms with Crippen molar-refractivity contribution in [2.45, 2.75) is 12.3 Å². The molecule has 0 unspecified atom stereocenters. The van der Waals surface area contributed by atoms with Crippen LogP contribution in [0.2, 0.25) is 0 Å². The predicted octanol–water partition coefficient (Wildman–Crippen LogP) is 3.98. The smallest absolute Gasteiger partial charge is 0.322 e. The number of hydrogen-bond donors (Lipinski definition) is 4. The molecular formula is C31H22N4O11. The minimum Gasteiger partial charge on any atom is -0.480 e. The maximum Gasteiger partial charge on any atom is 0.322 e. The number of nitrogens with one attached hydrogen (secondary N) is 1. The highest BCUT2D eigenvalue weighted by atomic mass is 16.6. The van der Waals surface area contributed by atoms with Gasteiger partial charge in [0, 0.05) is 51.8 Å². The van der Waals surface area contributed by atoms with Crippen LogP contribution in [0, 0.1) is 20.2 Å². The number of amides is 1. The molecule has 46 heavy (non-hydrogen) atoms. The normalized spacial score (nSPS) is 11.5. The molecule has 5 rings (SSSR count). The second kappa shape index (κ2) is 13.3. The Kier molecular flexibility index (Phi) is 9.26. The number of rotatable bonds is 9. The monoisotopic (exact) mass is 626 g/mol. The Bertz CT molecular complexity index is 1910. The van der Waals surface area contributed by atoms with Gasteiger partial charge in [-0.05, 0) is 54.1 Å². The minimum atomic E-state index is -2.17. The van der Waals surface area contributed by atoms with E-state index in [1.807, 2.05) is 6.07 Å². The zero-order valence-electron chi connectivity index (χ0n) is 23.4. The summed E-state index contributed by atoms with van der Waals surface area (Å²) in [5, 5.41) is 42.6. The molecule has 0 atom stereocenters. The van der Waals surface area contributed by atoms with Crippen molar-refractivity contribution in [1.29, 1.82) is 0 Å². The number of benzene rings is 4. The number of ketones is 2. The first-order chi connectivity index (χ1) is 21.8. The van der Waals surface area contributed by atoms with Crippen LogP contribution in [0.15, 0.2) is 84.9 Å². The Morgan fingerprint density at radius 3 is 1.74 bits per heavy atom. The van der Waals surface area contributed by atoms with Gasteiger partial charge >= 0.3 is 11.9 Å². The third kappa shape index (κ3) is 7.05. The van der Waals surface area contributed by atoms with Crippen molar-refractivity contribution >= 4 is 52.2 Å². The quantitative estimate of drug-likeness (QED) is 0.0677. The third-order valence-corrected chi connectivity index (χ3v) is 6.80. The lowest BCUT2D eigenvalue weighted by Gasteiger charge is -2.10. The van der Waals surface area contributed by atoms with E-state index in [2.05, 4.69) is 5.32 Å². The average molecular weight is 627 g/mol. The molecule has 0 saturated heterocycles. The van der Waals surface area contributed by atoms with Crippen molar-refractivity contribution in [2.24, 2.45) is 0 Å². The number of nitrogens with two attached hydrogens (primary N) is 1. The van der Waals surface area contributed by atoms with E-state index in [1.54, 1.807) is 36.4 Å². The summed E-state index contributed by atoms with van der Waals surface area (Å²) in [5.41, 5.74) is 7.16. The number of nitro benzene ring substituents is 2. The Balaban J connectivity index is 0.000000221. The number of non-ortho nitro benzene ring substituents is 1. The summed E-state index contributed by atoms with van der Waals surface area (Å²) in [6.45, 7) is 0. The number of hydrogen-bond acceptors (Lipinski definition) is 10. The number of carbonyl (C=O) groups is 5. The molecule has 4 aromatic carbocycles. The molecule has 1 heterocycles. The molecule has 15 nitrogen and oxygen atoms in total. The lowest BCUT2D eigenvalue weighted by molar-refractivity contribution is -0.385. The fourth-order valence-electron chi connectivity index (χ4n) is 4.52. The summed E-state index contributed by atoms with van der Waals surface area (Å²) in [4.78, 5) is 78.4. The number of fused-ring (bicyclic) bond motifs is 1. The van der Waals surface area contributed by atoms with Crippen LogP contribution in [-0.4, -0.2) is 49.5 Å². The second-order valence-corrected chi connectivity index (χ2v) is 9.82. The number of carbonyl (C=O) groups excluding carboxylic acids is 3. The van der Waals surface area contributed by atoms with Crippen LogP contribution < -0.4 is 11.1 Å². The molecule has 0 bridgehead atoms. The Morgan fingerprint density at radius 1 is 0.717 bits per heavy atom. The van der Waals surface area contributed by atoms with Crippen LogP contribution in [0.3, 0.4) is 0 Å². The SMILES string of the molecule is Nc1ccc(C(=O)c2ccc3c(c2)NC(=O)C3)cc1.O=C(c1ccc([N+](=O)[O-])cc1)c1ccc(C(C(=O)O)C(=O)O)c([N+](=O)[O-])c1. The van der Waals surface area contributed by atoms with E-state index in [0.29, 0.717) is 23.2 Å². The van der Waals surface area contributed by atoms with Gasteiger partial charge in [0.25, 0.3) is 11.4 Å². The number of nitrogen functional groups attached to an aromatic ring is 1. The van der Waals surface area contributed by atoms with Crippen LogP contribution in [0.5, 0.6) is 0 Å². The van der Waals surface area contributed by atoms with Gasteiger partial charge in [0.1, 0.15) is 0 Å². The maximum absolute atomic E-state index is 12.4. The van der Waals surface area contributed by atoms with Crippen molar-refractivity contribution < 1.29 is 44.0 Å². The van der Waals surface area contributed by atoms with E-state index in [4.69, 9.17) is 15.9 Å². The van der Waals surface area contributed by atoms with Crippen molar-refractivity contribution in [2.75, 3.05) is 11.1 Å². The van der Waals surface area contributed by atoms with Gasteiger partial charge in [-0.3, -0.25) is 44.2 Å². The minimum absolute atomic E-state index is 0.00988. The molecule has 0 radical (unpaired) electrons. The van der Waals surface area contributed by atoms with Crippen LogP contribution in [-0.2, 0) is 20.8 Å². The zero-order valence-corrected chi connectivity index (χ0v) is 23.4. The maximum atomic E-state index is 12.4. The van der Waals surface area contributed by atoms with Gasteiger partial charge in [0.2, 0.25) is 5.91 Å². The molecule has 1 amide bonds. The Labute approximate surface area is 258 Å². The fraction of sp³-hybridized carbons (Fsp3) is 0.0645. The van der Waals surface area contributed by atoms with E-state index in [-0.39, 0.29) is 28.5 Å². The molecule has 0 aromatic heterocycles. The van der Waals surface area contributed by atoms with Crippen LogP contribution in [0.4, 0.5) is 22.7 Å². The fourth-order valence-corrected chi connectivity index (χ4v) is 4.52. The van der Waals surface area contributed by atoms with E-state index in [9.17, 15) is 44.2 Å². The van der Waals surface area contributed by atoms with Crippen LogP contribution in [0.25, 0.3) is 0 Å². The van der Waals surface area contributed by atoms with Crippen molar-refractivity contribution in [3.05, 3.63) is 139 Å². The van der Waals surface area contributed by atoms with Gasteiger partial charge in [-0.2, -0.15) is 0 Å². The lowest BCUT2D eigenvalue weighted by Crippen LogP contribution is -2.22. The number of carboxylic acids is 2. The van der Waals surface area contributed by atoms with E-state index in [1.165, 1.54) is 0 Å². The Hall–Kier alpha value is -6.77. The van der Waals surface area contributed by atoms with Gasteiger partial charge in [0.05, 0.1) is 21.8 Å². The molecule has 0 saturated carbocycles. The van der Waals surface area contributed by atoms with E-state index in [0.717, 1.165) is 53.7 Å². The van der Waals surface area contributed by atoms with Gasteiger partial charge in [-0.15, -0.1) is 0 Å². The van der Waals surface area contributed by atoms with Crippen molar-refractivity contribution in [3.63, 3.8) is 0 Å². The molecule has 15 heteroatoms. The van der Waals surface area contributed by atoms with Crippen molar-refractivity contribution in [1.82, 2.24) is 0 Å². The van der Waals surface area contributed by atoms with Gasteiger partial charge in [-0.1, -0.05) is 18.2 Å². The van der Waals surface area contributed by atoms with E-state index >= 15 is 0 Å². The predicted molar refractivity (Wildman–Crippen MR) is 161 cm³/mol. The highest BCUT2D eigenvalue weighted by molar-refractivity contribution is 6.11. The van der Waals surface area contributed by atoms with Crippen LogP contribution >= 0.6 is 0 Å². The van der Waals surface area contributed by atoms with Crippen molar-refractivity contribution in [3.8, 4) is 0 Å². The molecule has 1 aliphatic heterocycles. The van der Waals surface area contributed by atoms with E-state index < -0.39 is 44.7 Å². The first-order valence-electron chi connectivity index (χ1n) is 13.1. The van der Waals surface area contributed by atoms with Gasteiger partial charge in [0.15, 0.2) is 17.5 Å². The summed E-state index contributed by atoms with van der Waals surface area (Å²) < 4.78 is 0. The lowest BCUT2D eigenvalue weighted by atomic mass is 9.94. The standard InChI is InChI=1S/C16H10N2O9.C15H12N2O2/c19-14(8-1-4-10(5-2-8)17(24)25)9-3-6-11(12(7-9)18(26)27)13(15(20)21)16(22)23;16-12-5-3-9(4-6-12)15(19)11-2-1-10-8-14(18)17-13(10)7-11/h1-7,13H,(H,20,21)(H,22,23);1-7H,8,16H2,(H,17,18). The Morgan fingerprint density at radius 2 is 1.22 bits per heavy atom. The summed E-state index contributed by atoms with van der Waals surface area (Å²) in [7, 11) is 0. The first kappa shape index (κ1) is 32.2. The molecule has 0 spiro atoms. The third-order valence-electron chi connectivity index (χ3n) is 6.80. The topological polar surface area (TPSA) is 250 Å². The highest BCUT2D eigenvalue weighted by Crippen LogP contribution is 2.30. The second-order valence-electron chi connectivity index (χ2n) is 9.82.